The lowest BCUT2D eigenvalue weighted by molar-refractivity contribution is -0.163. The summed E-state index contributed by atoms with van der Waals surface area (Å²) >= 11 is 0. The fourth-order valence-electron chi connectivity index (χ4n) is 4.92. The second-order valence-electron chi connectivity index (χ2n) is 12.7. The van der Waals surface area contributed by atoms with Crippen LogP contribution < -0.4 is 10.5 Å². The van der Waals surface area contributed by atoms with E-state index in [0.29, 0.717) is 36.6 Å². The van der Waals surface area contributed by atoms with Crippen molar-refractivity contribution < 1.29 is 42.9 Å². The molecule has 1 aromatic carbocycles. The Kier molecular flexibility index (Phi) is 8.84. The SMILES string of the molecule is CC(C)(C)OC(=O)CC[C@@H](C(N)=O)N1Cc2cc(O[C@@H]3CN(C(=O)OC(C)(C)C)C[C@H]3OC3COC3)ccc2C1=O. The minimum Gasteiger partial charge on any atom is -0.486 e. The Morgan fingerprint density at radius 3 is 2.27 bits per heavy atom. The summed E-state index contributed by atoms with van der Waals surface area (Å²) in [5.41, 5.74) is 5.44. The van der Waals surface area contributed by atoms with Gasteiger partial charge in [-0.1, -0.05) is 0 Å². The fourth-order valence-corrected chi connectivity index (χ4v) is 4.92. The molecule has 226 valence electrons. The number of primary amides is 1. The molecule has 2 N–H and O–H groups in total. The molecular formula is C29H41N3O9. The van der Waals surface area contributed by atoms with E-state index in [1.165, 1.54) is 4.90 Å². The van der Waals surface area contributed by atoms with Crippen LogP contribution in [0.3, 0.4) is 0 Å². The predicted octanol–water partition coefficient (Wildman–Crippen LogP) is 2.40. The van der Waals surface area contributed by atoms with Gasteiger partial charge in [0.1, 0.15) is 41.3 Å². The summed E-state index contributed by atoms with van der Waals surface area (Å²) in [6.45, 7) is 12.4. The lowest BCUT2D eigenvalue weighted by Gasteiger charge is -2.31. The zero-order valence-corrected chi connectivity index (χ0v) is 24.6. The van der Waals surface area contributed by atoms with E-state index in [-0.39, 0.29) is 37.9 Å². The maximum Gasteiger partial charge on any atom is 0.410 e. The minimum absolute atomic E-state index is 0.0530. The van der Waals surface area contributed by atoms with Crippen molar-refractivity contribution >= 4 is 23.9 Å². The zero-order valence-electron chi connectivity index (χ0n) is 24.6. The molecule has 41 heavy (non-hydrogen) atoms. The highest BCUT2D eigenvalue weighted by Crippen LogP contribution is 2.31. The van der Waals surface area contributed by atoms with Gasteiger partial charge in [-0.05, 0) is 71.7 Å². The van der Waals surface area contributed by atoms with Crippen LogP contribution in [0.2, 0.25) is 0 Å². The van der Waals surface area contributed by atoms with Gasteiger partial charge >= 0.3 is 12.1 Å². The number of amides is 3. The molecule has 0 unspecified atom stereocenters. The van der Waals surface area contributed by atoms with Gasteiger partial charge < -0.3 is 39.2 Å². The molecule has 3 amide bonds. The molecule has 0 aliphatic carbocycles. The molecule has 0 aromatic heterocycles. The summed E-state index contributed by atoms with van der Waals surface area (Å²) in [4.78, 5) is 53.4. The van der Waals surface area contributed by atoms with Gasteiger partial charge in [0.2, 0.25) is 5.91 Å². The topological polar surface area (TPSA) is 147 Å². The smallest absolute Gasteiger partial charge is 0.410 e. The predicted molar refractivity (Wildman–Crippen MR) is 146 cm³/mol. The highest BCUT2D eigenvalue weighted by atomic mass is 16.6. The van der Waals surface area contributed by atoms with Crippen molar-refractivity contribution in [2.45, 2.75) is 96.5 Å². The van der Waals surface area contributed by atoms with Gasteiger partial charge in [-0.15, -0.1) is 0 Å². The first-order valence-corrected chi connectivity index (χ1v) is 13.9. The third kappa shape index (κ3) is 7.88. The van der Waals surface area contributed by atoms with Crippen LogP contribution in [0.4, 0.5) is 4.79 Å². The Morgan fingerprint density at radius 2 is 1.68 bits per heavy atom. The number of nitrogens with zero attached hydrogens (tertiary/aromatic N) is 2. The number of carbonyl (C=O) groups is 4. The number of hydrogen-bond donors (Lipinski definition) is 1. The van der Waals surface area contributed by atoms with Gasteiger partial charge in [0.05, 0.1) is 26.3 Å². The third-order valence-corrected chi connectivity index (χ3v) is 6.78. The molecule has 12 nitrogen and oxygen atoms in total. The molecule has 3 heterocycles. The van der Waals surface area contributed by atoms with Gasteiger partial charge in [-0.3, -0.25) is 14.4 Å². The van der Waals surface area contributed by atoms with Crippen molar-refractivity contribution in [3.63, 3.8) is 0 Å². The first kappa shape index (κ1) is 30.6. The Morgan fingerprint density at radius 1 is 1.02 bits per heavy atom. The highest BCUT2D eigenvalue weighted by molar-refractivity contribution is 6.01. The molecular weight excluding hydrogens is 534 g/mol. The standard InChI is InChI=1S/C29H41N3O9/c1-28(2,3)40-24(33)10-9-21(25(30)34)32-12-17-11-18(7-8-20(17)26(32)35)38-22-13-31(27(36)41-29(4,5)6)14-23(22)39-19-15-37-16-19/h7-8,11,19,21-23H,9-10,12-16H2,1-6H3,(H2,30,34)/t21-,22+,23+/m0/s1. The van der Waals surface area contributed by atoms with Crippen LogP contribution in [0, 0.1) is 0 Å². The molecule has 3 aliphatic rings. The van der Waals surface area contributed by atoms with Gasteiger partial charge in [0.15, 0.2) is 0 Å². The van der Waals surface area contributed by atoms with E-state index < -0.39 is 47.4 Å². The number of fused-ring (bicyclic) bond motifs is 1. The van der Waals surface area contributed by atoms with Crippen LogP contribution in [-0.2, 0) is 35.1 Å². The lowest BCUT2D eigenvalue weighted by atomic mass is 10.1. The fraction of sp³-hybridized carbons (Fsp3) is 0.655. The van der Waals surface area contributed by atoms with E-state index in [1.54, 1.807) is 43.9 Å². The lowest BCUT2D eigenvalue weighted by Crippen LogP contribution is -2.45. The molecule has 2 fully saturated rings. The van der Waals surface area contributed by atoms with Crippen LogP contribution >= 0.6 is 0 Å². The molecule has 0 bridgehead atoms. The summed E-state index contributed by atoms with van der Waals surface area (Å²) in [5, 5.41) is 0. The quantitative estimate of drug-likeness (QED) is 0.439. The van der Waals surface area contributed by atoms with E-state index >= 15 is 0 Å². The number of ether oxygens (including phenoxy) is 5. The highest BCUT2D eigenvalue weighted by Gasteiger charge is 2.42. The Bertz CT molecular complexity index is 1170. The van der Waals surface area contributed by atoms with Crippen LogP contribution in [0.25, 0.3) is 0 Å². The molecule has 0 spiro atoms. The first-order chi connectivity index (χ1) is 19.1. The summed E-state index contributed by atoms with van der Waals surface area (Å²) in [5.74, 6) is -1.01. The minimum atomic E-state index is -0.966. The third-order valence-electron chi connectivity index (χ3n) is 6.78. The average Bonchev–Trinajstić information content (AvgIpc) is 3.35. The number of rotatable bonds is 9. The molecule has 2 saturated heterocycles. The normalized spacial score (nSPS) is 21.8. The maximum atomic E-state index is 13.2. The van der Waals surface area contributed by atoms with E-state index in [1.807, 2.05) is 20.8 Å². The van der Waals surface area contributed by atoms with E-state index in [9.17, 15) is 19.2 Å². The summed E-state index contributed by atoms with van der Waals surface area (Å²) in [7, 11) is 0. The van der Waals surface area contributed by atoms with Crippen molar-refractivity contribution in [1.82, 2.24) is 9.80 Å². The first-order valence-electron chi connectivity index (χ1n) is 13.9. The van der Waals surface area contributed by atoms with Gasteiger partial charge in [-0.2, -0.15) is 0 Å². The molecule has 1 aromatic rings. The zero-order chi connectivity index (χ0) is 30.1. The van der Waals surface area contributed by atoms with Crippen molar-refractivity contribution in [3.05, 3.63) is 29.3 Å². The van der Waals surface area contributed by atoms with Crippen molar-refractivity contribution in [1.29, 1.82) is 0 Å². The van der Waals surface area contributed by atoms with E-state index in [2.05, 4.69) is 0 Å². The number of esters is 1. The van der Waals surface area contributed by atoms with Crippen LogP contribution in [0.1, 0.15) is 70.3 Å². The largest absolute Gasteiger partial charge is 0.486 e. The number of nitrogens with two attached hydrogens (primary N) is 1. The summed E-state index contributed by atoms with van der Waals surface area (Å²) in [6, 6.07) is 4.11. The van der Waals surface area contributed by atoms with Crippen molar-refractivity contribution in [2.75, 3.05) is 26.3 Å². The number of carbonyl (C=O) groups excluding carboxylic acids is 4. The van der Waals surface area contributed by atoms with Gasteiger partial charge in [0.25, 0.3) is 5.91 Å². The Balaban J connectivity index is 1.44. The summed E-state index contributed by atoms with van der Waals surface area (Å²) in [6.07, 6.45) is -1.37. The second-order valence-corrected chi connectivity index (χ2v) is 12.7. The van der Waals surface area contributed by atoms with E-state index in [0.717, 1.165) is 0 Å². The molecule has 3 aliphatic heterocycles. The second kappa shape index (κ2) is 11.8. The van der Waals surface area contributed by atoms with Gasteiger partial charge in [0, 0.05) is 18.5 Å². The Hall–Kier alpha value is -3.38. The van der Waals surface area contributed by atoms with Crippen molar-refractivity contribution in [2.24, 2.45) is 5.73 Å². The van der Waals surface area contributed by atoms with Gasteiger partial charge in [-0.25, -0.2) is 4.79 Å². The van der Waals surface area contributed by atoms with Crippen LogP contribution in [0.15, 0.2) is 18.2 Å². The Labute approximate surface area is 240 Å². The molecule has 4 rings (SSSR count). The number of benzene rings is 1. The average molecular weight is 576 g/mol. The molecule has 0 radical (unpaired) electrons. The molecule has 3 atom stereocenters. The monoisotopic (exact) mass is 575 g/mol. The van der Waals surface area contributed by atoms with Crippen molar-refractivity contribution in [3.8, 4) is 5.75 Å². The van der Waals surface area contributed by atoms with Crippen LogP contribution in [0.5, 0.6) is 5.75 Å². The van der Waals surface area contributed by atoms with E-state index in [4.69, 9.17) is 29.4 Å². The van der Waals surface area contributed by atoms with Crippen LogP contribution in [-0.4, -0.2) is 95.5 Å². The molecule has 12 heteroatoms. The number of hydrogen-bond acceptors (Lipinski definition) is 9. The number of likely N-dealkylation sites (tertiary alicyclic amines) is 1. The maximum absolute atomic E-state index is 13.2. The molecule has 0 saturated carbocycles. The summed E-state index contributed by atoms with van der Waals surface area (Å²) < 4.78 is 28.5.